The second-order valence-corrected chi connectivity index (χ2v) is 6.51. The van der Waals surface area contributed by atoms with E-state index >= 15 is 0 Å². The molecule has 1 fully saturated rings. The molecule has 0 spiro atoms. The molecule has 1 unspecified atom stereocenters. The molecule has 1 aromatic rings. The van der Waals surface area contributed by atoms with Gasteiger partial charge in [0.1, 0.15) is 11.4 Å². The maximum atomic E-state index is 12.3. The molecule has 0 bridgehead atoms. The number of nitrogens with zero attached hydrogens (tertiary/aromatic N) is 2. The van der Waals surface area contributed by atoms with Crippen molar-refractivity contribution in [3.8, 4) is 0 Å². The standard InChI is InChI=1S/C15H22N2O5/c1-15(2,3)21-14(20)17-7-5-4-6-10(17)8-11-9-12(13(18)19)16-22-11/h9-10H,4-8H2,1-3H3,(H,18,19). The topological polar surface area (TPSA) is 92.9 Å². The van der Waals surface area contributed by atoms with Crippen LogP contribution in [0.3, 0.4) is 0 Å². The van der Waals surface area contributed by atoms with Gasteiger partial charge in [0.2, 0.25) is 0 Å². The summed E-state index contributed by atoms with van der Waals surface area (Å²) in [6.07, 6.45) is 2.90. The Hall–Kier alpha value is -2.05. The Morgan fingerprint density at radius 1 is 1.45 bits per heavy atom. The molecule has 1 atom stereocenters. The summed E-state index contributed by atoms with van der Waals surface area (Å²) in [5.41, 5.74) is -0.656. The summed E-state index contributed by atoms with van der Waals surface area (Å²) in [6, 6.07) is 1.35. The Morgan fingerprint density at radius 2 is 2.18 bits per heavy atom. The Balaban J connectivity index is 2.05. The van der Waals surface area contributed by atoms with Crippen LogP contribution in [0.15, 0.2) is 10.6 Å². The number of hydrogen-bond acceptors (Lipinski definition) is 5. The molecule has 1 aliphatic heterocycles. The molecular weight excluding hydrogens is 288 g/mol. The highest BCUT2D eigenvalue weighted by Crippen LogP contribution is 2.23. The average molecular weight is 310 g/mol. The van der Waals surface area contributed by atoms with Gasteiger partial charge >= 0.3 is 12.1 Å². The van der Waals surface area contributed by atoms with E-state index in [2.05, 4.69) is 5.16 Å². The average Bonchev–Trinajstić information content (AvgIpc) is 2.86. The van der Waals surface area contributed by atoms with Gasteiger partial charge in [-0.2, -0.15) is 0 Å². The summed E-state index contributed by atoms with van der Waals surface area (Å²) in [5.74, 6) is -0.652. The first-order chi connectivity index (χ1) is 10.3. The maximum Gasteiger partial charge on any atom is 0.410 e. The molecule has 2 rings (SSSR count). The lowest BCUT2D eigenvalue weighted by molar-refractivity contribution is 0.00929. The van der Waals surface area contributed by atoms with Gasteiger partial charge in [-0.15, -0.1) is 0 Å². The van der Waals surface area contributed by atoms with Gasteiger partial charge in [-0.25, -0.2) is 9.59 Å². The van der Waals surface area contributed by atoms with E-state index < -0.39 is 11.6 Å². The van der Waals surface area contributed by atoms with Crippen molar-refractivity contribution in [1.29, 1.82) is 0 Å². The number of rotatable bonds is 3. The van der Waals surface area contributed by atoms with E-state index in [4.69, 9.17) is 14.4 Å². The third-order valence-corrected chi connectivity index (χ3v) is 3.47. The van der Waals surface area contributed by atoms with Gasteiger partial charge in [-0.3, -0.25) is 0 Å². The minimum absolute atomic E-state index is 0.0572. The van der Waals surface area contributed by atoms with Gasteiger partial charge in [0.15, 0.2) is 5.69 Å². The van der Waals surface area contributed by atoms with Gasteiger partial charge in [0.25, 0.3) is 0 Å². The lowest BCUT2D eigenvalue weighted by Crippen LogP contribution is -2.47. The number of piperidine rings is 1. The van der Waals surface area contributed by atoms with Crippen molar-refractivity contribution in [2.75, 3.05) is 6.54 Å². The molecule has 7 nitrogen and oxygen atoms in total. The van der Waals surface area contributed by atoms with Crippen LogP contribution in [0.5, 0.6) is 0 Å². The molecule has 1 saturated heterocycles. The van der Waals surface area contributed by atoms with Crippen LogP contribution in [0.1, 0.15) is 56.3 Å². The molecule has 2 heterocycles. The highest BCUT2D eigenvalue weighted by Gasteiger charge is 2.31. The largest absolute Gasteiger partial charge is 0.476 e. The van der Waals surface area contributed by atoms with Crippen LogP contribution in [0.25, 0.3) is 0 Å². The van der Waals surface area contributed by atoms with Crippen molar-refractivity contribution >= 4 is 12.1 Å². The fraction of sp³-hybridized carbons (Fsp3) is 0.667. The number of carbonyl (C=O) groups is 2. The molecule has 22 heavy (non-hydrogen) atoms. The zero-order valence-electron chi connectivity index (χ0n) is 13.2. The predicted octanol–water partition coefficient (Wildman–Crippen LogP) is 2.70. The molecule has 1 aromatic heterocycles. The summed E-state index contributed by atoms with van der Waals surface area (Å²) in [7, 11) is 0. The van der Waals surface area contributed by atoms with Gasteiger partial charge in [0.05, 0.1) is 0 Å². The van der Waals surface area contributed by atoms with Gasteiger partial charge in [-0.1, -0.05) is 5.16 Å². The number of carboxylic acid groups (broad SMARTS) is 1. The number of likely N-dealkylation sites (tertiary alicyclic amines) is 1. The van der Waals surface area contributed by atoms with Crippen LogP contribution in [0, 0.1) is 0 Å². The van der Waals surface area contributed by atoms with E-state index in [1.807, 2.05) is 20.8 Å². The molecule has 1 amide bonds. The van der Waals surface area contributed by atoms with Crippen molar-refractivity contribution in [2.45, 2.75) is 58.1 Å². The quantitative estimate of drug-likeness (QED) is 0.922. The number of hydrogen-bond donors (Lipinski definition) is 1. The molecule has 7 heteroatoms. The highest BCUT2D eigenvalue weighted by atomic mass is 16.6. The van der Waals surface area contributed by atoms with E-state index in [1.165, 1.54) is 6.07 Å². The second kappa shape index (κ2) is 6.37. The van der Waals surface area contributed by atoms with Gasteiger partial charge in [-0.05, 0) is 40.0 Å². The first-order valence-electron chi connectivity index (χ1n) is 7.45. The van der Waals surface area contributed by atoms with E-state index in [1.54, 1.807) is 4.90 Å². The molecule has 0 saturated carbocycles. The summed E-state index contributed by atoms with van der Waals surface area (Å²) in [4.78, 5) is 24.8. The number of aromatic carboxylic acids is 1. The van der Waals surface area contributed by atoms with Crippen LogP contribution in [0.4, 0.5) is 4.79 Å². The summed E-state index contributed by atoms with van der Waals surface area (Å²) >= 11 is 0. The third-order valence-electron chi connectivity index (χ3n) is 3.47. The number of aromatic nitrogens is 1. The SMILES string of the molecule is CC(C)(C)OC(=O)N1CCCCC1Cc1cc(C(=O)O)no1. The van der Waals surface area contributed by atoms with Crippen molar-refractivity contribution in [1.82, 2.24) is 10.1 Å². The smallest absolute Gasteiger partial charge is 0.410 e. The molecule has 1 aliphatic rings. The van der Waals surface area contributed by atoms with E-state index in [0.717, 1.165) is 19.3 Å². The first-order valence-corrected chi connectivity index (χ1v) is 7.45. The van der Waals surface area contributed by atoms with E-state index in [-0.39, 0.29) is 17.8 Å². The van der Waals surface area contributed by atoms with Gasteiger partial charge in [0, 0.05) is 25.1 Å². The maximum absolute atomic E-state index is 12.3. The molecule has 0 aromatic carbocycles. The fourth-order valence-corrected chi connectivity index (χ4v) is 2.52. The Kier molecular flexibility index (Phi) is 4.73. The number of carbonyl (C=O) groups excluding carboxylic acids is 1. The molecule has 1 N–H and O–H groups in total. The minimum atomic E-state index is -1.12. The molecule has 0 aliphatic carbocycles. The van der Waals surface area contributed by atoms with Crippen molar-refractivity contribution in [3.63, 3.8) is 0 Å². The normalized spacial score (nSPS) is 19.0. The monoisotopic (exact) mass is 310 g/mol. The number of amides is 1. The minimum Gasteiger partial charge on any atom is -0.476 e. The first kappa shape index (κ1) is 16.3. The van der Waals surface area contributed by atoms with Gasteiger partial charge < -0.3 is 19.3 Å². The zero-order valence-corrected chi connectivity index (χ0v) is 13.2. The Bertz CT molecular complexity index is 546. The van der Waals surface area contributed by atoms with Crippen molar-refractivity contribution < 1.29 is 24.0 Å². The molecular formula is C15H22N2O5. The fourth-order valence-electron chi connectivity index (χ4n) is 2.52. The lowest BCUT2D eigenvalue weighted by Gasteiger charge is -2.36. The van der Waals surface area contributed by atoms with E-state index in [0.29, 0.717) is 18.7 Å². The number of carboxylic acids is 1. The van der Waals surface area contributed by atoms with Crippen molar-refractivity contribution in [3.05, 3.63) is 17.5 Å². The van der Waals surface area contributed by atoms with Crippen molar-refractivity contribution in [2.24, 2.45) is 0 Å². The van der Waals surface area contributed by atoms with Crippen LogP contribution < -0.4 is 0 Å². The van der Waals surface area contributed by atoms with E-state index in [9.17, 15) is 9.59 Å². The summed E-state index contributed by atoms with van der Waals surface area (Å²) < 4.78 is 10.5. The summed E-state index contributed by atoms with van der Waals surface area (Å²) in [5, 5.41) is 12.4. The zero-order chi connectivity index (χ0) is 16.3. The van der Waals surface area contributed by atoms with Crippen LogP contribution in [-0.4, -0.2) is 45.4 Å². The number of ether oxygens (including phenoxy) is 1. The predicted molar refractivity (Wildman–Crippen MR) is 77.7 cm³/mol. The van der Waals surface area contributed by atoms with Crippen LogP contribution >= 0.6 is 0 Å². The summed E-state index contributed by atoms with van der Waals surface area (Å²) in [6.45, 7) is 6.14. The Labute approximate surface area is 129 Å². The van der Waals surface area contributed by atoms with Crippen LogP contribution in [-0.2, 0) is 11.2 Å². The third kappa shape index (κ3) is 4.22. The highest BCUT2D eigenvalue weighted by molar-refractivity contribution is 5.85. The Morgan fingerprint density at radius 3 is 2.77 bits per heavy atom. The van der Waals surface area contributed by atoms with Crippen LogP contribution in [0.2, 0.25) is 0 Å². The lowest BCUT2D eigenvalue weighted by atomic mass is 9.98. The second-order valence-electron chi connectivity index (χ2n) is 6.51. The molecule has 122 valence electrons. The molecule has 0 radical (unpaired) electrons.